The van der Waals surface area contributed by atoms with Crippen LogP contribution in [0.1, 0.15) is 49.3 Å². The van der Waals surface area contributed by atoms with E-state index < -0.39 is 33.1 Å². The molecule has 1 saturated carbocycles. The first-order chi connectivity index (χ1) is 14.7. The van der Waals surface area contributed by atoms with Gasteiger partial charge in [-0.15, -0.1) is 0 Å². The Kier molecular flexibility index (Phi) is 6.84. The molecule has 0 radical (unpaired) electrons. The molecular formula is C24H29NO5S. The van der Waals surface area contributed by atoms with Crippen LogP contribution in [-0.2, 0) is 30.6 Å². The first kappa shape index (κ1) is 23.0. The third kappa shape index (κ3) is 4.66. The summed E-state index contributed by atoms with van der Waals surface area (Å²) in [7, 11) is -3.97. The van der Waals surface area contributed by atoms with E-state index in [1.807, 2.05) is 38.1 Å². The molecule has 0 atom stereocenters. The fraction of sp³-hybridized carbons (Fsp3) is 0.417. The van der Waals surface area contributed by atoms with Gasteiger partial charge in [0.25, 0.3) is 5.91 Å². The van der Waals surface area contributed by atoms with E-state index in [0.29, 0.717) is 24.1 Å². The lowest BCUT2D eigenvalue weighted by Gasteiger charge is -2.27. The molecule has 0 saturated heterocycles. The molecular weight excluding hydrogens is 414 g/mol. The number of rotatable bonds is 7. The zero-order chi connectivity index (χ0) is 22.6. The van der Waals surface area contributed by atoms with Crippen LogP contribution in [0.3, 0.4) is 0 Å². The summed E-state index contributed by atoms with van der Waals surface area (Å²) in [5, 5.41) is 2.70. The number of nitrogens with one attached hydrogen (secondary N) is 1. The highest BCUT2D eigenvalue weighted by atomic mass is 32.2. The molecule has 1 fully saturated rings. The van der Waals surface area contributed by atoms with Gasteiger partial charge in [-0.3, -0.25) is 9.59 Å². The minimum atomic E-state index is -3.97. The van der Waals surface area contributed by atoms with Gasteiger partial charge in [-0.25, -0.2) is 8.42 Å². The summed E-state index contributed by atoms with van der Waals surface area (Å²) >= 11 is 0. The van der Waals surface area contributed by atoms with Crippen LogP contribution in [0.15, 0.2) is 47.4 Å². The monoisotopic (exact) mass is 443 g/mol. The quantitative estimate of drug-likeness (QED) is 0.650. The van der Waals surface area contributed by atoms with Crippen molar-refractivity contribution in [3.8, 4) is 0 Å². The fourth-order valence-corrected chi connectivity index (χ4v) is 6.42. The second-order valence-corrected chi connectivity index (χ2v) is 10.4. The third-order valence-corrected chi connectivity index (χ3v) is 8.51. The fourth-order valence-electron chi connectivity index (χ4n) is 4.06. The maximum absolute atomic E-state index is 13.6. The van der Waals surface area contributed by atoms with Gasteiger partial charge < -0.3 is 10.1 Å². The number of hydrogen-bond acceptors (Lipinski definition) is 5. The van der Waals surface area contributed by atoms with Crippen LogP contribution >= 0.6 is 0 Å². The van der Waals surface area contributed by atoms with E-state index >= 15 is 0 Å². The van der Waals surface area contributed by atoms with E-state index in [1.54, 1.807) is 25.1 Å². The van der Waals surface area contributed by atoms with E-state index in [-0.39, 0.29) is 17.7 Å². The maximum Gasteiger partial charge on any atom is 0.328 e. The van der Waals surface area contributed by atoms with Crippen LogP contribution in [-0.4, -0.2) is 31.6 Å². The number of aryl methyl sites for hydroxylation is 3. The summed E-state index contributed by atoms with van der Waals surface area (Å²) < 4.78 is 30.8. The van der Waals surface area contributed by atoms with Gasteiger partial charge in [0.1, 0.15) is 0 Å². The first-order valence-corrected chi connectivity index (χ1v) is 12.1. The van der Waals surface area contributed by atoms with Crippen molar-refractivity contribution >= 4 is 27.4 Å². The van der Waals surface area contributed by atoms with Crippen molar-refractivity contribution in [3.05, 3.63) is 59.2 Å². The number of hydrogen-bond donors (Lipinski definition) is 1. The lowest BCUT2D eigenvalue weighted by atomic mass is 10.1. The number of carbonyl (C=O) groups excluding carboxylic acids is 2. The van der Waals surface area contributed by atoms with Crippen LogP contribution in [0.25, 0.3) is 0 Å². The summed E-state index contributed by atoms with van der Waals surface area (Å²) in [6.45, 7) is 5.02. The van der Waals surface area contributed by atoms with Crippen LogP contribution in [0.4, 0.5) is 5.69 Å². The van der Waals surface area contributed by atoms with E-state index in [4.69, 9.17) is 4.74 Å². The Morgan fingerprint density at radius 3 is 2.45 bits per heavy atom. The molecule has 3 rings (SSSR count). The average Bonchev–Trinajstić information content (AvgIpc) is 3.26. The van der Waals surface area contributed by atoms with Crippen molar-refractivity contribution < 1.29 is 22.7 Å². The van der Waals surface area contributed by atoms with Crippen molar-refractivity contribution in [2.75, 3.05) is 11.9 Å². The van der Waals surface area contributed by atoms with Crippen LogP contribution in [0.2, 0.25) is 0 Å². The lowest BCUT2D eigenvalue weighted by molar-refractivity contribution is -0.149. The predicted molar refractivity (Wildman–Crippen MR) is 120 cm³/mol. The van der Waals surface area contributed by atoms with Gasteiger partial charge in [0.2, 0.25) is 0 Å². The molecule has 1 aliphatic rings. The van der Waals surface area contributed by atoms with E-state index in [9.17, 15) is 18.0 Å². The number of benzene rings is 2. The molecule has 0 spiro atoms. The molecule has 7 heteroatoms. The Balaban J connectivity index is 1.77. The topological polar surface area (TPSA) is 89.5 Å². The summed E-state index contributed by atoms with van der Waals surface area (Å²) in [4.78, 5) is 25.5. The van der Waals surface area contributed by atoms with Gasteiger partial charge in [-0.1, -0.05) is 44.0 Å². The zero-order valence-electron chi connectivity index (χ0n) is 18.2. The highest BCUT2D eigenvalue weighted by molar-refractivity contribution is 7.93. The van der Waals surface area contributed by atoms with Gasteiger partial charge in [-0.2, -0.15) is 0 Å². The molecule has 1 amide bonds. The molecule has 1 N–H and O–H groups in total. The summed E-state index contributed by atoms with van der Waals surface area (Å²) in [6.07, 6.45) is 2.46. The Morgan fingerprint density at radius 1 is 1.06 bits per heavy atom. The minimum Gasteiger partial charge on any atom is -0.454 e. The standard InChI is InChI=1S/C24H29NO5S/c1-4-19-8-7-9-20(15-19)25-22(26)16-30-23(27)24(12-5-6-13-24)31(28,29)21-14-17(2)10-11-18(21)3/h7-11,14-15H,4-6,12-13,16H2,1-3H3,(H,25,26). The van der Waals surface area contributed by atoms with Crippen molar-refractivity contribution in [1.29, 1.82) is 0 Å². The van der Waals surface area contributed by atoms with E-state index in [2.05, 4.69) is 5.32 Å². The lowest BCUT2D eigenvalue weighted by Crippen LogP contribution is -2.46. The summed E-state index contributed by atoms with van der Waals surface area (Å²) in [6, 6.07) is 12.6. The van der Waals surface area contributed by atoms with Gasteiger partial charge in [-0.05, 0) is 68.0 Å². The molecule has 0 heterocycles. The highest BCUT2D eigenvalue weighted by Crippen LogP contribution is 2.42. The van der Waals surface area contributed by atoms with Crippen molar-refractivity contribution in [1.82, 2.24) is 0 Å². The van der Waals surface area contributed by atoms with E-state index in [0.717, 1.165) is 17.5 Å². The highest BCUT2D eigenvalue weighted by Gasteiger charge is 2.54. The molecule has 1 aliphatic carbocycles. The van der Waals surface area contributed by atoms with Crippen molar-refractivity contribution in [2.24, 2.45) is 0 Å². The average molecular weight is 444 g/mol. The van der Waals surface area contributed by atoms with E-state index in [1.165, 1.54) is 0 Å². The summed E-state index contributed by atoms with van der Waals surface area (Å²) in [5.74, 6) is -1.35. The van der Waals surface area contributed by atoms with Gasteiger partial charge in [0, 0.05) is 5.69 Å². The van der Waals surface area contributed by atoms with Crippen molar-refractivity contribution in [2.45, 2.75) is 62.5 Å². The molecule has 166 valence electrons. The number of carbonyl (C=O) groups is 2. The molecule has 2 aromatic carbocycles. The number of amides is 1. The van der Waals surface area contributed by atoms with Crippen molar-refractivity contribution in [3.63, 3.8) is 0 Å². The third-order valence-electron chi connectivity index (χ3n) is 5.88. The van der Waals surface area contributed by atoms with Gasteiger partial charge >= 0.3 is 5.97 Å². The normalized spacial score (nSPS) is 15.5. The van der Waals surface area contributed by atoms with Crippen LogP contribution in [0.5, 0.6) is 0 Å². The maximum atomic E-state index is 13.6. The molecule has 6 nitrogen and oxygen atoms in total. The van der Waals surface area contributed by atoms with Crippen LogP contribution in [0, 0.1) is 13.8 Å². The van der Waals surface area contributed by atoms with Crippen LogP contribution < -0.4 is 5.32 Å². The zero-order valence-corrected chi connectivity index (χ0v) is 19.1. The largest absolute Gasteiger partial charge is 0.454 e. The first-order valence-electron chi connectivity index (χ1n) is 10.6. The number of anilines is 1. The molecule has 0 aromatic heterocycles. The Labute approximate surface area is 183 Å². The minimum absolute atomic E-state index is 0.159. The Hall–Kier alpha value is -2.67. The summed E-state index contributed by atoms with van der Waals surface area (Å²) in [5.41, 5.74) is 3.08. The number of sulfone groups is 1. The molecule has 0 aliphatic heterocycles. The Bertz CT molecular complexity index is 1080. The Morgan fingerprint density at radius 2 is 1.77 bits per heavy atom. The number of esters is 1. The number of ether oxygens (including phenoxy) is 1. The van der Waals surface area contributed by atoms with Gasteiger partial charge in [0.15, 0.2) is 21.2 Å². The molecule has 31 heavy (non-hydrogen) atoms. The molecule has 2 aromatic rings. The van der Waals surface area contributed by atoms with Gasteiger partial charge in [0.05, 0.1) is 4.90 Å². The molecule has 0 unspecified atom stereocenters. The second kappa shape index (κ2) is 9.22. The molecule has 0 bridgehead atoms. The second-order valence-electron chi connectivity index (χ2n) is 8.15. The SMILES string of the molecule is CCc1cccc(NC(=O)COC(=O)C2(S(=O)(=O)c3cc(C)ccc3C)CCCC2)c1. The smallest absolute Gasteiger partial charge is 0.328 e. The predicted octanol–water partition coefficient (Wildman–Crippen LogP) is 4.13.